The third-order valence-electron chi connectivity index (χ3n) is 5.48. The van der Waals surface area contributed by atoms with Crippen LogP contribution in [0.4, 0.5) is 0 Å². The van der Waals surface area contributed by atoms with Crippen molar-refractivity contribution < 1.29 is 9.84 Å². The predicted molar refractivity (Wildman–Crippen MR) is 85.2 cm³/mol. The summed E-state index contributed by atoms with van der Waals surface area (Å²) in [6, 6.07) is 3.22. The second-order valence-corrected chi connectivity index (χ2v) is 7.65. The van der Waals surface area contributed by atoms with Crippen LogP contribution in [0.2, 0.25) is 10.0 Å². The van der Waals surface area contributed by atoms with E-state index in [1.54, 1.807) is 12.1 Å². The first kappa shape index (κ1) is 14.1. The normalized spacial score (nSPS) is 31.2. The number of aromatic nitrogens is 3. The lowest BCUT2D eigenvalue weighted by Gasteiger charge is -2.34. The molecule has 2 aromatic rings. The van der Waals surface area contributed by atoms with Gasteiger partial charge in [-0.05, 0) is 25.0 Å². The van der Waals surface area contributed by atoms with Crippen LogP contribution in [0, 0.1) is 0 Å². The van der Waals surface area contributed by atoms with Crippen LogP contribution in [0.5, 0.6) is 5.75 Å². The maximum Gasteiger partial charge on any atom is 0.141 e. The average molecular weight is 352 g/mol. The van der Waals surface area contributed by atoms with Gasteiger partial charge in [0.1, 0.15) is 17.4 Å². The van der Waals surface area contributed by atoms with E-state index in [-0.39, 0.29) is 17.1 Å². The number of aromatic hydroxyl groups is 1. The highest BCUT2D eigenvalue weighted by Crippen LogP contribution is 2.52. The Morgan fingerprint density at radius 2 is 2.09 bits per heavy atom. The Kier molecular flexibility index (Phi) is 2.83. The number of phenols is 1. The lowest BCUT2D eigenvalue weighted by Crippen LogP contribution is -2.39. The SMILES string of the molecule is Oc1ccc(Cl)c(Cl)c1[C@@H]1Cc2nnc(C34COC(C3)C4)n2C1. The van der Waals surface area contributed by atoms with Crippen LogP contribution in [-0.4, -0.2) is 32.6 Å². The summed E-state index contributed by atoms with van der Waals surface area (Å²) in [5.74, 6) is 2.24. The largest absolute Gasteiger partial charge is 0.508 e. The molecule has 5 nitrogen and oxygen atoms in total. The van der Waals surface area contributed by atoms with Gasteiger partial charge in [0.25, 0.3) is 0 Å². The average Bonchev–Trinajstić information content (AvgIpc) is 3.20. The molecular weight excluding hydrogens is 337 g/mol. The summed E-state index contributed by atoms with van der Waals surface area (Å²) in [5, 5.41) is 19.9. The summed E-state index contributed by atoms with van der Waals surface area (Å²) in [6.07, 6.45) is 3.19. The van der Waals surface area contributed by atoms with Gasteiger partial charge in [0, 0.05) is 24.4 Å². The molecule has 4 aliphatic rings. The number of hydrogen-bond donors (Lipinski definition) is 1. The Labute approximate surface area is 143 Å². The maximum absolute atomic E-state index is 10.2. The summed E-state index contributed by atoms with van der Waals surface area (Å²) in [4.78, 5) is 0. The molecule has 2 bridgehead atoms. The van der Waals surface area contributed by atoms with E-state index in [9.17, 15) is 5.11 Å². The fraction of sp³-hybridized carbons (Fsp3) is 0.500. The van der Waals surface area contributed by atoms with Crippen molar-refractivity contribution in [2.45, 2.75) is 43.2 Å². The number of phenolic OH excluding ortho intramolecular Hbond substituents is 1. The van der Waals surface area contributed by atoms with E-state index < -0.39 is 0 Å². The second kappa shape index (κ2) is 4.62. The zero-order valence-corrected chi connectivity index (χ0v) is 13.8. The van der Waals surface area contributed by atoms with Crippen LogP contribution in [0.25, 0.3) is 0 Å². The molecular formula is C16H15Cl2N3O2. The zero-order chi connectivity index (χ0) is 15.8. The molecule has 0 spiro atoms. The van der Waals surface area contributed by atoms with Gasteiger partial charge in [0.15, 0.2) is 0 Å². The highest BCUT2D eigenvalue weighted by molar-refractivity contribution is 6.42. The van der Waals surface area contributed by atoms with Crippen molar-refractivity contribution >= 4 is 23.2 Å². The van der Waals surface area contributed by atoms with Gasteiger partial charge in [-0.3, -0.25) is 0 Å². The van der Waals surface area contributed by atoms with E-state index >= 15 is 0 Å². The molecule has 1 N–H and O–H groups in total. The van der Waals surface area contributed by atoms with Crippen LogP contribution >= 0.6 is 23.2 Å². The summed E-state index contributed by atoms with van der Waals surface area (Å²) in [5.41, 5.74) is 0.757. The van der Waals surface area contributed by atoms with Crippen molar-refractivity contribution in [1.29, 1.82) is 0 Å². The fourth-order valence-electron chi connectivity index (χ4n) is 4.29. The first-order chi connectivity index (χ1) is 11.1. The minimum Gasteiger partial charge on any atom is -0.508 e. The van der Waals surface area contributed by atoms with Crippen LogP contribution in [0.15, 0.2) is 12.1 Å². The Bertz CT molecular complexity index is 808. The minimum atomic E-state index is 0.0466. The first-order valence-electron chi connectivity index (χ1n) is 7.78. The third kappa shape index (κ3) is 1.84. The Morgan fingerprint density at radius 1 is 1.26 bits per heavy atom. The van der Waals surface area contributed by atoms with Gasteiger partial charge in [-0.15, -0.1) is 10.2 Å². The molecule has 3 aliphatic heterocycles. The van der Waals surface area contributed by atoms with E-state index in [4.69, 9.17) is 27.9 Å². The molecule has 1 atom stereocenters. The highest BCUT2D eigenvalue weighted by atomic mass is 35.5. The number of benzene rings is 1. The van der Waals surface area contributed by atoms with Gasteiger partial charge < -0.3 is 14.4 Å². The molecule has 1 aromatic carbocycles. The maximum atomic E-state index is 10.2. The van der Waals surface area contributed by atoms with Crippen molar-refractivity contribution in [2.75, 3.05) is 6.61 Å². The number of halogens is 2. The third-order valence-corrected chi connectivity index (χ3v) is 6.30. The number of ether oxygens (including phenoxy) is 1. The molecule has 0 amide bonds. The molecule has 1 saturated carbocycles. The van der Waals surface area contributed by atoms with E-state index in [2.05, 4.69) is 14.8 Å². The molecule has 3 fully saturated rings. The minimum absolute atomic E-state index is 0.0466. The molecule has 1 aromatic heterocycles. The monoisotopic (exact) mass is 351 g/mol. The Balaban J connectivity index is 1.51. The van der Waals surface area contributed by atoms with E-state index in [1.807, 2.05) is 0 Å². The number of nitrogens with zero attached hydrogens (tertiary/aromatic N) is 3. The molecule has 0 unspecified atom stereocenters. The molecule has 7 heteroatoms. The molecule has 1 aliphatic carbocycles. The van der Waals surface area contributed by atoms with E-state index in [0.29, 0.717) is 28.1 Å². The van der Waals surface area contributed by atoms with Crippen LogP contribution in [0.3, 0.4) is 0 Å². The lowest BCUT2D eigenvalue weighted by atomic mass is 9.69. The van der Waals surface area contributed by atoms with Crippen molar-refractivity contribution in [3.8, 4) is 5.75 Å². The fourth-order valence-corrected chi connectivity index (χ4v) is 4.76. The van der Waals surface area contributed by atoms with Gasteiger partial charge in [0.2, 0.25) is 0 Å². The van der Waals surface area contributed by atoms with Crippen LogP contribution in [-0.2, 0) is 23.1 Å². The van der Waals surface area contributed by atoms with Crippen molar-refractivity contribution in [3.05, 3.63) is 39.4 Å². The van der Waals surface area contributed by atoms with Crippen molar-refractivity contribution in [3.63, 3.8) is 0 Å². The number of rotatable bonds is 2. The summed E-state index contributed by atoms with van der Waals surface area (Å²) in [7, 11) is 0. The van der Waals surface area contributed by atoms with Crippen LogP contribution < -0.4 is 0 Å². The summed E-state index contributed by atoms with van der Waals surface area (Å²) in [6.45, 7) is 1.46. The van der Waals surface area contributed by atoms with Crippen molar-refractivity contribution in [2.24, 2.45) is 0 Å². The molecule has 0 radical (unpaired) electrons. The van der Waals surface area contributed by atoms with Crippen LogP contribution in [0.1, 0.15) is 36.0 Å². The predicted octanol–water partition coefficient (Wildman–Crippen LogP) is 3.06. The van der Waals surface area contributed by atoms with Gasteiger partial charge in [-0.2, -0.15) is 0 Å². The molecule has 120 valence electrons. The Hall–Kier alpha value is -1.30. The summed E-state index contributed by atoms with van der Waals surface area (Å²) < 4.78 is 7.91. The first-order valence-corrected chi connectivity index (χ1v) is 8.54. The van der Waals surface area contributed by atoms with Gasteiger partial charge >= 0.3 is 0 Å². The lowest BCUT2D eigenvalue weighted by molar-refractivity contribution is 0.121. The quantitative estimate of drug-likeness (QED) is 0.903. The van der Waals surface area contributed by atoms with E-state index in [0.717, 1.165) is 37.6 Å². The molecule has 23 heavy (non-hydrogen) atoms. The standard InChI is InChI=1S/C16H15Cl2N3O2/c17-10-1-2-11(22)13(14(10)18)8-3-12-19-20-15(21(12)6-8)16-4-9(5-16)23-7-16/h1-2,8-9,22H,3-7H2/t8-,9?,16?/m1/s1. The second-order valence-electron chi connectivity index (χ2n) is 6.87. The molecule has 4 heterocycles. The highest BCUT2D eigenvalue weighted by Gasteiger charge is 2.56. The van der Waals surface area contributed by atoms with Gasteiger partial charge in [-0.1, -0.05) is 23.2 Å². The topological polar surface area (TPSA) is 60.2 Å². The molecule has 2 saturated heterocycles. The number of hydrogen-bond acceptors (Lipinski definition) is 4. The van der Waals surface area contributed by atoms with Crippen molar-refractivity contribution in [1.82, 2.24) is 14.8 Å². The van der Waals surface area contributed by atoms with Gasteiger partial charge in [0.05, 0.1) is 28.2 Å². The Morgan fingerprint density at radius 3 is 2.83 bits per heavy atom. The summed E-state index contributed by atoms with van der Waals surface area (Å²) >= 11 is 12.5. The zero-order valence-electron chi connectivity index (χ0n) is 12.3. The smallest absolute Gasteiger partial charge is 0.141 e. The molecule has 6 rings (SSSR count). The van der Waals surface area contributed by atoms with E-state index in [1.165, 1.54) is 0 Å². The van der Waals surface area contributed by atoms with Gasteiger partial charge in [-0.25, -0.2) is 0 Å². The number of fused-ring (bicyclic) bond motifs is 2.